The molecular weight excluding hydrogens is 212 g/mol. The van der Waals surface area contributed by atoms with Crippen molar-refractivity contribution in [1.29, 1.82) is 5.26 Å². The van der Waals surface area contributed by atoms with Gasteiger partial charge in [0.25, 0.3) is 0 Å². The van der Waals surface area contributed by atoms with Gasteiger partial charge in [-0.25, -0.2) is 0 Å². The molecule has 1 unspecified atom stereocenters. The number of nitrogens with zero attached hydrogens (tertiary/aromatic N) is 2. The molecule has 0 aliphatic carbocycles. The molecule has 86 valence electrons. The maximum Gasteiger partial charge on any atom is 0.310 e. The zero-order chi connectivity index (χ0) is 12.1. The molecule has 7 heteroatoms. The summed E-state index contributed by atoms with van der Waals surface area (Å²) >= 11 is 0. The molecule has 0 radical (unpaired) electrons. The molecule has 1 aliphatic rings. The Labute approximate surface area is 92.4 Å². The molecule has 1 aliphatic heterocycles. The Morgan fingerprint density at radius 3 is 2.75 bits per heavy atom. The van der Waals surface area contributed by atoms with Gasteiger partial charge in [0.2, 0.25) is 5.91 Å². The van der Waals surface area contributed by atoms with Gasteiger partial charge in [-0.1, -0.05) is 0 Å². The topological polar surface area (TPSA) is 102 Å². The van der Waals surface area contributed by atoms with Crippen LogP contribution < -0.4 is 10.6 Å². The number of likely N-dealkylation sites (tertiary alicyclic amines) is 1. The number of carbonyl (C=O) groups is 3. The van der Waals surface area contributed by atoms with Gasteiger partial charge in [-0.05, 0) is 6.42 Å². The van der Waals surface area contributed by atoms with Gasteiger partial charge in [0.15, 0.2) is 0 Å². The van der Waals surface area contributed by atoms with Gasteiger partial charge in [0.1, 0.15) is 12.6 Å². The summed E-state index contributed by atoms with van der Waals surface area (Å²) in [5.74, 6) is -1.99. The van der Waals surface area contributed by atoms with Crippen LogP contribution in [0.3, 0.4) is 0 Å². The zero-order valence-corrected chi connectivity index (χ0v) is 8.82. The molecule has 7 nitrogen and oxygen atoms in total. The lowest BCUT2D eigenvalue weighted by molar-refractivity contribution is -0.140. The molecule has 0 aromatic carbocycles. The Balaban J connectivity index is 2.43. The second kappa shape index (κ2) is 5.11. The van der Waals surface area contributed by atoms with Crippen LogP contribution in [-0.2, 0) is 14.4 Å². The normalized spacial score (nSPS) is 19.1. The molecule has 0 saturated carbocycles. The average molecular weight is 224 g/mol. The standard InChI is InChI=1S/C9H12N4O3/c1-13-5-2-6(9(13)16)12-8(15)7(14)11-4-3-10/h6H,2,4-5H2,1H3,(H,11,14)(H,12,15). The number of hydrogen-bond acceptors (Lipinski definition) is 4. The highest BCUT2D eigenvalue weighted by Crippen LogP contribution is 2.07. The third kappa shape index (κ3) is 2.70. The second-order valence-corrected chi connectivity index (χ2v) is 3.42. The van der Waals surface area contributed by atoms with Crippen molar-refractivity contribution in [2.45, 2.75) is 12.5 Å². The Hall–Kier alpha value is -2.10. The quantitative estimate of drug-likeness (QED) is 0.417. The van der Waals surface area contributed by atoms with Crippen LogP contribution in [0.5, 0.6) is 0 Å². The number of likely N-dealkylation sites (N-methyl/N-ethyl adjacent to an activating group) is 1. The second-order valence-electron chi connectivity index (χ2n) is 3.42. The van der Waals surface area contributed by atoms with Crippen LogP contribution in [-0.4, -0.2) is 48.8 Å². The van der Waals surface area contributed by atoms with E-state index in [1.54, 1.807) is 13.1 Å². The van der Waals surface area contributed by atoms with Crippen molar-refractivity contribution in [3.63, 3.8) is 0 Å². The fraction of sp³-hybridized carbons (Fsp3) is 0.556. The smallest absolute Gasteiger partial charge is 0.310 e. The van der Waals surface area contributed by atoms with Crippen molar-refractivity contribution >= 4 is 17.7 Å². The van der Waals surface area contributed by atoms with Crippen LogP contribution >= 0.6 is 0 Å². The first-order valence-electron chi connectivity index (χ1n) is 4.77. The number of nitriles is 1. The lowest BCUT2D eigenvalue weighted by atomic mass is 10.2. The first kappa shape index (κ1) is 12.0. The van der Waals surface area contributed by atoms with E-state index in [0.717, 1.165) is 0 Å². The first-order valence-corrected chi connectivity index (χ1v) is 4.77. The zero-order valence-electron chi connectivity index (χ0n) is 8.82. The predicted octanol–water partition coefficient (Wildman–Crippen LogP) is -2.03. The van der Waals surface area contributed by atoms with Gasteiger partial charge < -0.3 is 15.5 Å². The average Bonchev–Trinajstić information content (AvgIpc) is 2.57. The summed E-state index contributed by atoms with van der Waals surface area (Å²) in [6.07, 6.45) is 0.493. The molecule has 1 heterocycles. The van der Waals surface area contributed by atoms with Crippen molar-refractivity contribution in [2.75, 3.05) is 20.1 Å². The molecule has 0 aromatic rings. The van der Waals surface area contributed by atoms with Crippen molar-refractivity contribution in [3.8, 4) is 6.07 Å². The van der Waals surface area contributed by atoms with Crippen molar-refractivity contribution < 1.29 is 14.4 Å². The summed E-state index contributed by atoms with van der Waals surface area (Å²) in [7, 11) is 1.63. The fourth-order valence-corrected chi connectivity index (χ4v) is 1.38. The lowest BCUT2D eigenvalue weighted by Crippen LogP contribution is -2.47. The minimum atomic E-state index is -0.899. The minimum absolute atomic E-state index is 0.207. The number of nitrogens with one attached hydrogen (secondary N) is 2. The third-order valence-electron chi connectivity index (χ3n) is 2.27. The van der Waals surface area contributed by atoms with Crippen LogP contribution in [0.2, 0.25) is 0 Å². The van der Waals surface area contributed by atoms with Gasteiger partial charge in [-0.3, -0.25) is 14.4 Å². The molecule has 16 heavy (non-hydrogen) atoms. The van der Waals surface area contributed by atoms with Gasteiger partial charge in [-0.2, -0.15) is 5.26 Å². The van der Waals surface area contributed by atoms with Gasteiger partial charge in [-0.15, -0.1) is 0 Å². The van der Waals surface area contributed by atoms with Crippen molar-refractivity contribution in [1.82, 2.24) is 15.5 Å². The van der Waals surface area contributed by atoms with Crippen LogP contribution in [0.15, 0.2) is 0 Å². The SMILES string of the molecule is CN1CCC(NC(=O)C(=O)NCC#N)C1=O. The number of carbonyl (C=O) groups excluding carboxylic acids is 3. The minimum Gasteiger partial charge on any atom is -0.344 e. The van der Waals surface area contributed by atoms with E-state index in [1.807, 2.05) is 0 Å². The largest absolute Gasteiger partial charge is 0.344 e. The molecule has 1 saturated heterocycles. The van der Waals surface area contributed by atoms with E-state index in [0.29, 0.717) is 13.0 Å². The molecule has 0 spiro atoms. The van der Waals surface area contributed by atoms with Crippen molar-refractivity contribution in [2.24, 2.45) is 0 Å². The number of amides is 3. The van der Waals surface area contributed by atoms with Gasteiger partial charge in [0, 0.05) is 13.6 Å². The highest BCUT2D eigenvalue weighted by molar-refractivity contribution is 6.35. The maximum atomic E-state index is 11.4. The van der Waals surface area contributed by atoms with E-state index in [9.17, 15) is 14.4 Å². The molecule has 1 atom stereocenters. The van der Waals surface area contributed by atoms with Gasteiger partial charge in [0.05, 0.1) is 6.07 Å². The molecule has 1 fully saturated rings. The lowest BCUT2D eigenvalue weighted by Gasteiger charge is -2.11. The molecule has 2 N–H and O–H groups in total. The Bertz CT molecular complexity index is 360. The van der Waals surface area contributed by atoms with E-state index in [2.05, 4.69) is 10.6 Å². The number of rotatable bonds is 2. The summed E-state index contributed by atoms with van der Waals surface area (Å²) in [4.78, 5) is 35.2. The maximum absolute atomic E-state index is 11.4. The molecule has 3 amide bonds. The Morgan fingerprint density at radius 2 is 2.25 bits per heavy atom. The van der Waals surface area contributed by atoms with E-state index in [4.69, 9.17) is 5.26 Å². The summed E-state index contributed by atoms with van der Waals surface area (Å²) in [6, 6.07) is 1.04. The van der Waals surface area contributed by atoms with Gasteiger partial charge >= 0.3 is 11.8 Å². The molecule has 0 bridgehead atoms. The summed E-state index contributed by atoms with van der Waals surface area (Å²) in [5, 5.41) is 12.6. The van der Waals surface area contributed by atoms with E-state index in [-0.39, 0.29) is 12.5 Å². The summed E-state index contributed by atoms with van der Waals surface area (Å²) in [6.45, 7) is 0.328. The fourth-order valence-electron chi connectivity index (χ4n) is 1.38. The van der Waals surface area contributed by atoms with E-state index in [1.165, 1.54) is 4.90 Å². The highest BCUT2D eigenvalue weighted by atomic mass is 16.2. The van der Waals surface area contributed by atoms with E-state index < -0.39 is 17.9 Å². The first-order chi connectivity index (χ1) is 7.56. The molecule has 0 aromatic heterocycles. The summed E-state index contributed by atoms with van der Waals surface area (Å²) < 4.78 is 0. The monoisotopic (exact) mass is 224 g/mol. The molecule has 1 rings (SSSR count). The van der Waals surface area contributed by atoms with Crippen molar-refractivity contribution in [3.05, 3.63) is 0 Å². The highest BCUT2D eigenvalue weighted by Gasteiger charge is 2.31. The Kier molecular flexibility index (Phi) is 3.83. The third-order valence-corrected chi connectivity index (χ3v) is 2.27. The van der Waals surface area contributed by atoms with Crippen LogP contribution in [0.1, 0.15) is 6.42 Å². The molecular formula is C9H12N4O3. The van der Waals surface area contributed by atoms with Crippen LogP contribution in [0, 0.1) is 11.3 Å². The van der Waals surface area contributed by atoms with Crippen LogP contribution in [0.25, 0.3) is 0 Å². The van der Waals surface area contributed by atoms with E-state index >= 15 is 0 Å². The Morgan fingerprint density at radius 1 is 1.56 bits per heavy atom. The summed E-state index contributed by atoms with van der Waals surface area (Å²) in [5.41, 5.74) is 0. The predicted molar refractivity (Wildman–Crippen MR) is 52.8 cm³/mol. The van der Waals surface area contributed by atoms with Crippen LogP contribution in [0.4, 0.5) is 0 Å². The number of hydrogen-bond donors (Lipinski definition) is 2.